The molecular weight excluding hydrogens is 242 g/mol. The maximum atomic E-state index is 5.61. The van der Waals surface area contributed by atoms with Crippen molar-refractivity contribution < 1.29 is 4.74 Å². The Balaban J connectivity index is 2.82. The van der Waals surface area contributed by atoms with E-state index in [-0.39, 0.29) is 0 Å². The second-order valence-electron chi connectivity index (χ2n) is 4.69. The molecule has 0 aliphatic carbocycles. The van der Waals surface area contributed by atoms with Gasteiger partial charge in [-0.25, -0.2) is 0 Å². The predicted octanol–water partition coefficient (Wildman–Crippen LogP) is 2.18. The highest BCUT2D eigenvalue weighted by Gasteiger charge is 2.11. The van der Waals surface area contributed by atoms with Crippen molar-refractivity contribution in [3.8, 4) is 6.01 Å². The summed E-state index contributed by atoms with van der Waals surface area (Å²) >= 11 is 0. The largest absolute Gasteiger partial charge is 0.463 e. The fourth-order valence-corrected chi connectivity index (χ4v) is 1.56. The zero-order chi connectivity index (χ0) is 14.3. The lowest BCUT2D eigenvalue weighted by molar-refractivity contribution is 0.268. The molecule has 1 aromatic heterocycles. The third-order valence-electron chi connectivity index (χ3n) is 2.80. The fourth-order valence-electron chi connectivity index (χ4n) is 1.56. The van der Waals surface area contributed by atoms with E-state index >= 15 is 0 Å². The molecule has 0 unspecified atom stereocenters. The number of aromatic nitrogens is 3. The van der Waals surface area contributed by atoms with Crippen LogP contribution in [-0.2, 0) is 0 Å². The van der Waals surface area contributed by atoms with Crippen LogP contribution >= 0.6 is 0 Å². The molecule has 108 valence electrons. The van der Waals surface area contributed by atoms with Gasteiger partial charge < -0.3 is 15.0 Å². The fraction of sp³-hybridized carbons (Fsp3) is 0.769. The first-order chi connectivity index (χ1) is 9.10. The lowest BCUT2D eigenvalue weighted by Crippen LogP contribution is -2.25. The first-order valence-electron chi connectivity index (χ1n) is 6.92. The molecule has 0 saturated heterocycles. The first-order valence-corrected chi connectivity index (χ1v) is 6.92. The van der Waals surface area contributed by atoms with Crippen LogP contribution in [0.3, 0.4) is 0 Å². The van der Waals surface area contributed by atoms with Crippen molar-refractivity contribution in [2.24, 2.45) is 5.92 Å². The molecule has 6 heteroatoms. The van der Waals surface area contributed by atoms with Crippen molar-refractivity contribution in [1.82, 2.24) is 15.0 Å². The molecule has 0 amide bonds. The normalized spacial score (nSPS) is 10.6. The Morgan fingerprint density at radius 2 is 1.84 bits per heavy atom. The van der Waals surface area contributed by atoms with E-state index in [1.807, 2.05) is 0 Å². The average molecular weight is 267 g/mol. The van der Waals surface area contributed by atoms with Crippen molar-refractivity contribution >= 4 is 11.9 Å². The predicted molar refractivity (Wildman–Crippen MR) is 77.9 cm³/mol. The number of nitrogens with zero attached hydrogens (tertiary/aromatic N) is 4. The molecular formula is C13H25N5O. The van der Waals surface area contributed by atoms with Gasteiger partial charge in [0.15, 0.2) is 0 Å². The standard InChI is InChI=1S/C13H25N5O/c1-6-18(7-2)12-15-11(14-5)16-13(17-12)19-9-8-10(3)4/h10H,6-9H2,1-5H3,(H,14,15,16,17). The molecule has 0 aromatic carbocycles. The molecule has 0 atom stereocenters. The molecule has 0 aliphatic rings. The van der Waals surface area contributed by atoms with E-state index in [9.17, 15) is 0 Å². The van der Waals surface area contributed by atoms with Gasteiger partial charge >= 0.3 is 6.01 Å². The van der Waals surface area contributed by atoms with Crippen molar-refractivity contribution in [2.45, 2.75) is 34.1 Å². The van der Waals surface area contributed by atoms with Crippen molar-refractivity contribution in [3.05, 3.63) is 0 Å². The number of nitrogens with one attached hydrogen (secondary N) is 1. The zero-order valence-electron chi connectivity index (χ0n) is 12.6. The summed E-state index contributed by atoms with van der Waals surface area (Å²) in [6.45, 7) is 10.8. The Labute approximate surface area is 115 Å². The van der Waals surface area contributed by atoms with E-state index in [0.29, 0.717) is 30.4 Å². The van der Waals surface area contributed by atoms with E-state index in [4.69, 9.17) is 4.74 Å². The third kappa shape index (κ3) is 4.89. The van der Waals surface area contributed by atoms with Crippen LogP contribution in [0, 0.1) is 5.92 Å². The minimum absolute atomic E-state index is 0.391. The summed E-state index contributed by atoms with van der Waals surface area (Å²) in [6, 6.07) is 0.391. The molecule has 1 heterocycles. The highest BCUT2D eigenvalue weighted by molar-refractivity contribution is 5.37. The van der Waals surface area contributed by atoms with Gasteiger partial charge in [0.1, 0.15) is 0 Å². The van der Waals surface area contributed by atoms with Gasteiger partial charge in [0.05, 0.1) is 6.61 Å². The summed E-state index contributed by atoms with van der Waals surface area (Å²) < 4.78 is 5.61. The summed E-state index contributed by atoms with van der Waals surface area (Å²) in [4.78, 5) is 15.0. The summed E-state index contributed by atoms with van der Waals surface area (Å²) in [6.07, 6.45) is 0.987. The Morgan fingerprint density at radius 1 is 1.16 bits per heavy atom. The Hall–Kier alpha value is -1.59. The van der Waals surface area contributed by atoms with Gasteiger partial charge in [0.25, 0.3) is 0 Å². The molecule has 19 heavy (non-hydrogen) atoms. The van der Waals surface area contributed by atoms with Gasteiger partial charge in [-0.15, -0.1) is 0 Å². The van der Waals surface area contributed by atoms with Crippen molar-refractivity contribution in [2.75, 3.05) is 37.0 Å². The van der Waals surface area contributed by atoms with Crippen LogP contribution in [0.1, 0.15) is 34.1 Å². The highest BCUT2D eigenvalue weighted by atomic mass is 16.5. The monoisotopic (exact) mass is 267 g/mol. The molecule has 0 radical (unpaired) electrons. The highest BCUT2D eigenvalue weighted by Crippen LogP contribution is 2.15. The quantitative estimate of drug-likeness (QED) is 0.779. The average Bonchev–Trinajstić information content (AvgIpc) is 2.39. The Morgan fingerprint density at radius 3 is 2.37 bits per heavy atom. The minimum Gasteiger partial charge on any atom is -0.463 e. The van der Waals surface area contributed by atoms with E-state index in [2.05, 4.69) is 52.9 Å². The van der Waals surface area contributed by atoms with E-state index in [1.54, 1.807) is 7.05 Å². The van der Waals surface area contributed by atoms with Crippen LogP contribution in [0.4, 0.5) is 11.9 Å². The van der Waals surface area contributed by atoms with E-state index in [1.165, 1.54) is 0 Å². The molecule has 0 bridgehead atoms. The molecule has 0 aliphatic heterocycles. The number of hydrogen-bond donors (Lipinski definition) is 1. The second kappa shape index (κ2) is 7.76. The number of hydrogen-bond acceptors (Lipinski definition) is 6. The molecule has 1 aromatic rings. The summed E-state index contributed by atoms with van der Waals surface area (Å²) in [7, 11) is 1.79. The van der Waals surface area contributed by atoms with Gasteiger partial charge in [-0.1, -0.05) is 13.8 Å². The SMILES string of the molecule is CCN(CC)c1nc(NC)nc(OCCC(C)C)n1. The molecule has 1 rings (SSSR count). The lowest BCUT2D eigenvalue weighted by Gasteiger charge is -2.19. The van der Waals surface area contributed by atoms with Gasteiger partial charge in [0.2, 0.25) is 11.9 Å². The van der Waals surface area contributed by atoms with Gasteiger partial charge in [-0.05, 0) is 26.2 Å². The van der Waals surface area contributed by atoms with Crippen LogP contribution in [0.15, 0.2) is 0 Å². The van der Waals surface area contributed by atoms with Crippen molar-refractivity contribution in [3.63, 3.8) is 0 Å². The van der Waals surface area contributed by atoms with Crippen LogP contribution < -0.4 is 15.0 Å². The first kappa shape index (κ1) is 15.5. The topological polar surface area (TPSA) is 63.2 Å². The van der Waals surface area contributed by atoms with Gasteiger partial charge in [0, 0.05) is 20.1 Å². The maximum absolute atomic E-state index is 5.61. The molecule has 0 spiro atoms. The van der Waals surface area contributed by atoms with Gasteiger partial charge in [-0.3, -0.25) is 0 Å². The van der Waals surface area contributed by atoms with Crippen LogP contribution in [0.2, 0.25) is 0 Å². The summed E-state index contributed by atoms with van der Waals surface area (Å²) in [5.74, 6) is 1.80. The van der Waals surface area contributed by atoms with Crippen molar-refractivity contribution in [1.29, 1.82) is 0 Å². The third-order valence-corrected chi connectivity index (χ3v) is 2.80. The molecule has 0 fully saturated rings. The smallest absolute Gasteiger partial charge is 0.323 e. The van der Waals surface area contributed by atoms with Crippen LogP contribution in [0.5, 0.6) is 6.01 Å². The molecule has 1 N–H and O–H groups in total. The Bertz CT molecular complexity index is 379. The number of anilines is 2. The molecule has 6 nitrogen and oxygen atoms in total. The zero-order valence-corrected chi connectivity index (χ0v) is 12.6. The second-order valence-corrected chi connectivity index (χ2v) is 4.69. The number of ether oxygens (including phenoxy) is 1. The van der Waals surface area contributed by atoms with E-state index in [0.717, 1.165) is 19.5 Å². The van der Waals surface area contributed by atoms with Crippen LogP contribution in [-0.4, -0.2) is 41.7 Å². The summed E-state index contributed by atoms with van der Waals surface area (Å²) in [5.41, 5.74) is 0. The Kier molecular flexibility index (Phi) is 6.32. The lowest BCUT2D eigenvalue weighted by atomic mass is 10.1. The minimum atomic E-state index is 0.391. The van der Waals surface area contributed by atoms with Gasteiger partial charge in [-0.2, -0.15) is 15.0 Å². The maximum Gasteiger partial charge on any atom is 0.323 e. The summed E-state index contributed by atoms with van der Waals surface area (Å²) in [5, 5.41) is 2.94. The number of rotatable bonds is 8. The van der Waals surface area contributed by atoms with E-state index < -0.39 is 0 Å². The molecule has 0 saturated carbocycles. The van der Waals surface area contributed by atoms with Crippen LogP contribution in [0.25, 0.3) is 0 Å².